The highest BCUT2D eigenvalue weighted by molar-refractivity contribution is 6.30. The third-order valence-electron chi connectivity index (χ3n) is 1.88. The van der Waals surface area contributed by atoms with Crippen LogP contribution >= 0.6 is 11.6 Å². The van der Waals surface area contributed by atoms with Crippen molar-refractivity contribution >= 4 is 17.4 Å². The molecule has 1 aromatic rings. The summed E-state index contributed by atoms with van der Waals surface area (Å²) in [5.41, 5.74) is 6.82. The summed E-state index contributed by atoms with van der Waals surface area (Å²) >= 11 is 5.76. The fourth-order valence-electron chi connectivity index (χ4n) is 1.12. The van der Waals surface area contributed by atoms with Gasteiger partial charge in [-0.25, -0.2) is 0 Å². The largest absolute Gasteiger partial charge is 0.387 e. The molecule has 2 nitrogen and oxygen atoms in total. The Balaban J connectivity index is 2.53. The maximum Gasteiger partial charge on any atom is 0.0941 e. The molecular formula is C11H15ClN2. The van der Waals surface area contributed by atoms with Gasteiger partial charge in [-0.2, -0.15) is 0 Å². The summed E-state index contributed by atoms with van der Waals surface area (Å²) in [5, 5.41) is 0.749. The second-order valence-corrected chi connectivity index (χ2v) is 3.62. The Morgan fingerprint density at radius 2 is 2.00 bits per heavy atom. The predicted molar refractivity (Wildman–Crippen MR) is 61.7 cm³/mol. The van der Waals surface area contributed by atoms with Gasteiger partial charge in [-0.15, -0.1) is 0 Å². The first-order chi connectivity index (χ1) is 6.72. The van der Waals surface area contributed by atoms with Gasteiger partial charge in [0, 0.05) is 11.4 Å². The minimum atomic E-state index is 0.642. The molecule has 0 bridgehead atoms. The molecule has 0 amide bonds. The highest BCUT2D eigenvalue weighted by Gasteiger charge is 1.93. The van der Waals surface area contributed by atoms with Gasteiger partial charge >= 0.3 is 0 Å². The van der Waals surface area contributed by atoms with E-state index in [1.54, 1.807) is 0 Å². The van der Waals surface area contributed by atoms with Crippen LogP contribution in [-0.2, 0) is 6.54 Å². The fourth-order valence-corrected chi connectivity index (χ4v) is 1.24. The van der Waals surface area contributed by atoms with E-state index < -0.39 is 0 Å². The van der Waals surface area contributed by atoms with Crippen LogP contribution in [0.1, 0.15) is 25.3 Å². The molecular weight excluding hydrogens is 196 g/mol. The molecule has 0 atom stereocenters. The molecule has 1 rings (SSSR count). The molecule has 76 valence electrons. The lowest BCUT2D eigenvalue weighted by Gasteiger charge is -1.99. The van der Waals surface area contributed by atoms with Gasteiger partial charge in [0.15, 0.2) is 0 Å². The fraction of sp³-hybridized carbons (Fsp3) is 0.364. The second kappa shape index (κ2) is 5.66. The Hall–Kier alpha value is -1.02. The summed E-state index contributed by atoms with van der Waals surface area (Å²) in [6.07, 6.45) is 1.91. The van der Waals surface area contributed by atoms with Gasteiger partial charge in [0.2, 0.25) is 0 Å². The van der Waals surface area contributed by atoms with Crippen LogP contribution in [0.4, 0.5) is 0 Å². The Morgan fingerprint density at radius 1 is 1.36 bits per heavy atom. The lowest BCUT2D eigenvalue weighted by Crippen LogP contribution is -2.10. The third kappa shape index (κ3) is 3.79. The number of aliphatic imine (C=N–C) groups is 1. The Bertz CT molecular complexity index is 304. The molecule has 0 heterocycles. The number of nitrogens with two attached hydrogens (primary N) is 1. The molecule has 0 fully saturated rings. The van der Waals surface area contributed by atoms with Crippen molar-refractivity contribution in [1.29, 1.82) is 0 Å². The van der Waals surface area contributed by atoms with E-state index >= 15 is 0 Å². The molecule has 0 radical (unpaired) electrons. The number of hydrogen-bond acceptors (Lipinski definition) is 1. The SMILES string of the molecule is CCCC(N)=NCc1ccc(Cl)cc1. The predicted octanol–water partition coefficient (Wildman–Crippen LogP) is 3.00. The number of amidine groups is 1. The first kappa shape index (κ1) is 11.1. The number of benzene rings is 1. The van der Waals surface area contributed by atoms with Crippen molar-refractivity contribution in [2.45, 2.75) is 26.3 Å². The number of rotatable bonds is 4. The number of halogens is 1. The molecule has 0 aromatic heterocycles. The molecule has 0 aliphatic heterocycles. The molecule has 0 spiro atoms. The summed E-state index contributed by atoms with van der Waals surface area (Å²) in [4.78, 5) is 4.27. The van der Waals surface area contributed by atoms with Gasteiger partial charge in [0.25, 0.3) is 0 Å². The van der Waals surface area contributed by atoms with E-state index in [9.17, 15) is 0 Å². The molecule has 0 aliphatic rings. The van der Waals surface area contributed by atoms with Crippen molar-refractivity contribution in [3.8, 4) is 0 Å². The van der Waals surface area contributed by atoms with Crippen LogP contribution in [0.2, 0.25) is 5.02 Å². The molecule has 0 aliphatic carbocycles. The second-order valence-electron chi connectivity index (χ2n) is 3.18. The molecule has 1 aromatic carbocycles. The Labute approximate surface area is 89.8 Å². The first-order valence-electron chi connectivity index (χ1n) is 4.75. The zero-order valence-electron chi connectivity index (χ0n) is 8.33. The van der Waals surface area contributed by atoms with Crippen LogP contribution in [0.3, 0.4) is 0 Å². The number of hydrogen-bond donors (Lipinski definition) is 1. The van der Waals surface area contributed by atoms with Gasteiger partial charge < -0.3 is 5.73 Å². The van der Waals surface area contributed by atoms with Crippen LogP contribution in [0.15, 0.2) is 29.3 Å². The smallest absolute Gasteiger partial charge is 0.0941 e. The van der Waals surface area contributed by atoms with Gasteiger partial charge in [-0.05, 0) is 24.1 Å². The van der Waals surface area contributed by atoms with E-state index in [1.165, 1.54) is 0 Å². The highest BCUT2D eigenvalue weighted by atomic mass is 35.5. The van der Waals surface area contributed by atoms with E-state index in [2.05, 4.69) is 11.9 Å². The molecule has 2 N–H and O–H groups in total. The van der Waals surface area contributed by atoms with Gasteiger partial charge in [0.1, 0.15) is 0 Å². The molecule has 0 saturated heterocycles. The van der Waals surface area contributed by atoms with E-state index in [0.29, 0.717) is 6.54 Å². The average molecular weight is 211 g/mol. The normalized spacial score (nSPS) is 11.7. The maximum atomic E-state index is 5.76. The van der Waals surface area contributed by atoms with Crippen molar-refractivity contribution in [1.82, 2.24) is 0 Å². The molecule has 0 unspecified atom stereocenters. The summed E-state index contributed by atoms with van der Waals surface area (Å²) in [7, 11) is 0. The molecule has 14 heavy (non-hydrogen) atoms. The standard InChI is InChI=1S/C11H15ClN2/c1-2-3-11(13)14-8-9-4-6-10(12)7-5-9/h4-7H,2-3,8H2,1H3,(H2,13,14). The van der Waals surface area contributed by atoms with Crippen molar-refractivity contribution < 1.29 is 0 Å². The van der Waals surface area contributed by atoms with E-state index in [1.807, 2.05) is 24.3 Å². The van der Waals surface area contributed by atoms with Gasteiger partial charge in [-0.3, -0.25) is 4.99 Å². The average Bonchev–Trinajstić information content (AvgIpc) is 2.17. The topological polar surface area (TPSA) is 38.4 Å². The minimum Gasteiger partial charge on any atom is -0.387 e. The zero-order chi connectivity index (χ0) is 10.4. The molecule has 0 saturated carbocycles. The van der Waals surface area contributed by atoms with Crippen molar-refractivity contribution in [2.75, 3.05) is 0 Å². The highest BCUT2D eigenvalue weighted by Crippen LogP contribution is 2.10. The Morgan fingerprint density at radius 3 is 2.57 bits per heavy atom. The van der Waals surface area contributed by atoms with Crippen molar-refractivity contribution in [3.63, 3.8) is 0 Å². The summed E-state index contributed by atoms with van der Waals surface area (Å²) in [6.45, 7) is 2.73. The van der Waals surface area contributed by atoms with Gasteiger partial charge in [0.05, 0.1) is 12.4 Å². The quantitative estimate of drug-likeness (QED) is 0.602. The van der Waals surface area contributed by atoms with Crippen molar-refractivity contribution in [3.05, 3.63) is 34.9 Å². The Kier molecular flexibility index (Phi) is 4.47. The molecule has 3 heteroatoms. The lowest BCUT2D eigenvalue weighted by atomic mass is 10.2. The van der Waals surface area contributed by atoms with E-state index in [0.717, 1.165) is 29.3 Å². The zero-order valence-corrected chi connectivity index (χ0v) is 9.09. The third-order valence-corrected chi connectivity index (χ3v) is 2.14. The van der Waals surface area contributed by atoms with Crippen LogP contribution in [0, 0.1) is 0 Å². The number of nitrogens with zero attached hydrogens (tertiary/aromatic N) is 1. The van der Waals surface area contributed by atoms with Crippen LogP contribution in [0.25, 0.3) is 0 Å². The summed E-state index contributed by atoms with van der Waals surface area (Å²) < 4.78 is 0. The van der Waals surface area contributed by atoms with Crippen molar-refractivity contribution in [2.24, 2.45) is 10.7 Å². The maximum absolute atomic E-state index is 5.76. The van der Waals surface area contributed by atoms with E-state index in [4.69, 9.17) is 17.3 Å². The van der Waals surface area contributed by atoms with Gasteiger partial charge in [-0.1, -0.05) is 30.7 Å². The summed E-state index contributed by atoms with van der Waals surface area (Å²) in [6, 6.07) is 7.65. The minimum absolute atomic E-state index is 0.642. The lowest BCUT2D eigenvalue weighted by molar-refractivity contribution is 0.954. The van der Waals surface area contributed by atoms with Crippen LogP contribution in [0.5, 0.6) is 0 Å². The van der Waals surface area contributed by atoms with Crippen LogP contribution < -0.4 is 5.73 Å². The van der Waals surface area contributed by atoms with E-state index in [-0.39, 0.29) is 0 Å². The first-order valence-corrected chi connectivity index (χ1v) is 5.13. The monoisotopic (exact) mass is 210 g/mol. The van der Waals surface area contributed by atoms with Crippen LogP contribution in [-0.4, -0.2) is 5.84 Å². The summed E-state index contributed by atoms with van der Waals surface area (Å²) in [5.74, 6) is 0.724.